The first-order valence-corrected chi connectivity index (χ1v) is 7.25. The molecule has 1 amide bonds. The number of anilines is 1. The van der Waals surface area contributed by atoms with Crippen molar-refractivity contribution < 1.29 is 18.0 Å². The first kappa shape index (κ1) is 19.0. The Hall–Kier alpha value is -2.06. The normalized spacial score (nSPS) is 13.1. The SMILES string of the molecule is CCCN=C(NC(=O)CC(C)(C)C)Nc1cc(C(F)(F)F)[nH]n1. The molecule has 0 spiro atoms. The standard InChI is InChI=1S/C14H22F3N5O/c1-5-6-18-12(20-11(23)8-13(2,3)4)19-10-7-9(21-22-10)14(15,16)17/h7H,5-6,8H2,1-4H3,(H3,18,19,20,21,22,23). The zero-order valence-corrected chi connectivity index (χ0v) is 13.6. The quantitative estimate of drug-likeness (QED) is 0.585. The van der Waals surface area contributed by atoms with Crippen LogP contribution in [0.2, 0.25) is 0 Å². The van der Waals surface area contributed by atoms with Crippen molar-refractivity contribution in [1.29, 1.82) is 0 Å². The van der Waals surface area contributed by atoms with Crippen molar-refractivity contribution in [3.05, 3.63) is 11.8 Å². The molecule has 0 aliphatic carbocycles. The van der Waals surface area contributed by atoms with Gasteiger partial charge in [-0.15, -0.1) is 0 Å². The number of alkyl halides is 3. The summed E-state index contributed by atoms with van der Waals surface area (Å²) in [4.78, 5) is 16.1. The van der Waals surface area contributed by atoms with Crippen LogP contribution in [0, 0.1) is 5.41 Å². The van der Waals surface area contributed by atoms with Crippen molar-refractivity contribution in [2.24, 2.45) is 10.4 Å². The Morgan fingerprint density at radius 2 is 2.00 bits per heavy atom. The summed E-state index contributed by atoms with van der Waals surface area (Å²) in [5.74, 6) is -0.254. The lowest BCUT2D eigenvalue weighted by Crippen LogP contribution is -2.38. The summed E-state index contributed by atoms with van der Waals surface area (Å²) < 4.78 is 37.6. The maximum Gasteiger partial charge on any atom is 0.432 e. The van der Waals surface area contributed by atoms with Crippen molar-refractivity contribution in [2.45, 2.75) is 46.7 Å². The third-order valence-electron chi connectivity index (χ3n) is 2.57. The number of amides is 1. The van der Waals surface area contributed by atoms with E-state index in [2.05, 4.69) is 20.7 Å². The maximum absolute atomic E-state index is 12.5. The highest BCUT2D eigenvalue weighted by molar-refractivity contribution is 6.03. The molecule has 6 nitrogen and oxygen atoms in total. The fraction of sp³-hybridized carbons (Fsp3) is 0.643. The van der Waals surface area contributed by atoms with Gasteiger partial charge in [-0.1, -0.05) is 27.7 Å². The molecule has 0 aromatic carbocycles. The van der Waals surface area contributed by atoms with E-state index in [-0.39, 0.29) is 29.5 Å². The molecule has 0 atom stereocenters. The van der Waals surface area contributed by atoms with E-state index in [0.717, 1.165) is 12.5 Å². The number of nitrogens with one attached hydrogen (secondary N) is 3. The van der Waals surface area contributed by atoms with Crippen LogP contribution in [0.25, 0.3) is 0 Å². The Balaban J connectivity index is 2.79. The molecule has 1 rings (SSSR count). The predicted molar refractivity (Wildman–Crippen MR) is 82.0 cm³/mol. The number of halogens is 3. The number of hydrogen-bond acceptors (Lipinski definition) is 3. The Labute approximate surface area is 132 Å². The fourth-order valence-electron chi connectivity index (χ4n) is 1.64. The summed E-state index contributed by atoms with van der Waals surface area (Å²) in [7, 11) is 0. The van der Waals surface area contributed by atoms with Crippen molar-refractivity contribution in [2.75, 3.05) is 11.9 Å². The van der Waals surface area contributed by atoms with Gasteiger partial charge >= 0.3 is 6.18 Å². The molecule has 0 radical (unpaired) electrons. The Morgan fingerprint density at radius 1 is 1.35 bits per heavy atom. The predicted octanol–water partition coefficient (Wildman–Crippen LogP) is 3.16. The maximum atomic E-state index is 12.5. The molecule has 9 heteroatoms. The number of rotatable bonds is 4. The van der Waals surface area contributed by atoms with E-state index in [4.69, 9.17) is 0 Å². The molecule has 130 valence electrons. The van der Waals surface area contributed by atoms with Gasteiger partial charge in [0.1, 0.15) is 5.69 Å². The minimum atomic E-state index is -4.51. The highest BCUT2D eigenvalue weighted by Crippen LogP contribution is 2.28. The average molecular weight is 333 g/mol. The van der Waals surface area contributed by atoms with Crippen LogP contribution >= 0.6 is 0 Å². The molecule has 1 aromatic heterocycles. The number of aliphatic imine (C=N–C) groups is 1. The van der Waals surface area contributed by atoms with Crippen LogP contribution in [-0.2, 0) is 11.0 Å². The Kier molecular flexibility index (Phi) is 6.17. The lowest BCUT2D eigenvalue weighted by molar-refractivity contribution is -0.141. The molecule has 0 aliphatic heterocycles. The molecule has 23 heavy (non-hydrogen) atoms. The smallest absolute Gasteiger partial charge is 0.309 e. The largest absolute Gasteiger partial charge is 0.432 e. The second-order valence-corrected chi connectivity index (χ2v) is 6.31. The topological polar surface area (TPSA) is 82.2 Å². The van der Waals surface area contributed by atoms with E-state index in [1.807, 2.05) is 32.8 Å². The molecule has 0 saturated carbocycles. The van der Waals surface area contributed by atoms with Crippen LogP contribution in [-0.4, -0.2) is 28.6 Å². The number of carbonyl (C=O) groups is 1. The number of guanidine groups is 1. The monoisotopic (exact) mass is 333 g/mol. The van der Waals surface area contributed by atoms with Crippen molar-refractivity contribution in [3.8, 4) is 0 Å². The number of hydrogen-bond donors (Lipinski definition) is 3. The fourth-order valence-corrected chi connectivity index (χ4v) is 1.64. The second-order valence-electron chi connectivity index (χ2n) is 6.31. The molecule has 0 fully saturated rings. The van der Waals surface area contributed by atoms with Crippen LogP contribution in [0.15, 0.2) is 11.1 Å². The number of aromatic nitrogens is 2. The number of carbonyl (C=O) groups excluding carboxylic acids is 1. The van der Waals surface area contributed by atoms with E-state index < -0.39 is 11.9 Å². The number of H-pyrrole nitrogens is 1. The Bertz CT molecular complexity index is 557. The van der Waals surface area contributed by atoms with Gasteiger partial charge in [0.05, 0.1) is 0 Å². The van der Waals surface area contributed by atoms with Gasteiger partial charge in [0, 0.05) is 19.0 Å². The molecule has 0 aliphatic rings. The summed E-state index contributed by atoms with van der Waals surface area (Å²) in [5, 5.41) is 10.6. The molecule has 3 N–H and O–H groups in total. The highest BCUT2D eigenvalue weighted by Gasteiger charge is 2.33. The highest BCUT2D eigenvalue weighted by atomic mass is 19.4. The molecule has 1 aromatic rings. The van der Waals surface area contributed by atoms with Crippen LogP contribution in [0.3, 0.4) is 0 Å². The summed E-state index contributed by atoms with van der Waals surface area (Å²) in [6.07, 6.45) is -3.52. The van der Waals surface area contributed by atoms with Gasteiger partial charge in [-0.25, -0.2) is 0 Å². The molecule has 0 unspecified atom stereocenters. The summed E-state index contributed by atoms with van der Waals surface area (Å²) in [5.41, 5.74) is -1.19. The average Bonchev–Trinajstić information content (AvgIpc) is 2.81. The minimum Gasteiger partial charge on any atom is -0.309 e. The third-order valence-corrected chi connectivity index (χ3v) is 2.57. The van der Waals surface area contributed by atoms with E-state index in [9.17, 15) is 18.0 Å². The van der Waals surface area contributed by atoms with Gasteiger partial charge in [-0.2, -0.15) is 18.3 Å². The van der Waals surface area contributed by atoms with E-state index >= 15 is 0 Å². The van der Waals surface area contributed by atoms with Crippen molar-refractivity contribution in [1.82, 2.24) is 15.5 Å². The van der Waals surface area contributed by atoms with Crippen LogP contribution in [0.5, 0.6) is 0 Å². The van der Waals surface area contributed by atoms with Gasteiger partial charge in [0.2, 0.25) is 11.9 Å². The zero-order valence-electron chi connectivity index (χ0n) is 13.6. The van der Waals surface area contributed by atoms with Crippen LogP contribution < -0.4 is 10.6 Å². The Morgan fingerprint density at radius 3 is 2.48 bits per heavy atom. The summed E-state index contributed by atoms with van der Waals surface area (Å²) >= 11 is 0. The van der Waals surface area contributed by atoms with E-state index in [1.54, 1.807) is 0 Å². The lowest BCUT2D eigenvalue weighted by atomic mass is 9.92. The lowest BCUT2D eigenvalue weighted by Gasteiger charge is -2.18. The first-order valence-electron chi connectivity index (χ1n) is 7.25. The number of aromatic amines is 1. The van der Waals surface area contributed by atoms with E-state index in [1.165, 1.54) is 0 Å². The van der Waals surface area contributed by atoms with Gasteiger partial charge in [-0.3, -0.25) is 20.2 Å². The zero-order chi connectivity index (χ0) is 17.7. The van der Waals surface area contributed by atoms with Crippen LogP contribution in [0.1, 0.15) is 46.2 Å². The minimum absolute atomic E-state index is 0.0664. The summed E-state index contributed by atoms with van der Waals surface area (Å²) in [6, 6.07) is 0.817. The van der Waals surface area contributed by atoms with Gasteiger partial charge in [-0.05, 0) is 11.8 Å². The molecule has 1 heterocycles. The third kappa shape index (κ3) is 7.16. The van der Waals surface area contributed by atoms with Gasteiger partial charge < -0.3 is 5.32 Å². The number of nitrogens with zero attached hydrogens (tertiary/aromatic N) is 2. The van der Waals surface area contributed by atoms with Gasteiger partial charge in [0.25, 0.3) is 0 Å². The van der Waals surface area contributed by atoms with Crippen molar-refractivity contribution in [3.63, 3.8) is 0 Å². The molecule has 0 bridgehead atoms. The summed E-state index contributed by atoms with van der Waals surface area (Å²) in [6.45, 7) is 8.05. The molecule has 0 saturated heterocycles. The molecular weight excluding hydrogens is 311 g/mol. The van der Waals surface area contributed by atoms with Gasteiger partial charge in [0.15, 0.2) is 5.82 Å². The first-order chi connectivity index (χ1) is 10.5. The van der Waals surface area contributed by atoms with Crippen molar-refractivity contribution >= 4 is 17.7 Å². The molecular formula is C14H22F3N5O. The second kappa shape index (κ2) is 7.47. The van der Waals surface area contributed by atoms with Crippen LogP contribution in [0.4, 0.5) is 19.0 Å². The van der Waals surface area contributed by atoms with E-state index in [0.29, 0.717) is 6.54 Å².